The van der Waals surface area contributed by atoms with Gasteiger partial charge in [-0.25, -0.2) is 0 Å². The van der Waals surface area contributed by atoms with Gasteiger partial charge in [-0.1, -0.05) is 37.9 Å². The zero-order valence-electron chi connectivity index (χ0n) is 20.0. The normalized spacial score (nSPS) is 14.7. The van der Waals surface area contributed by atoms with Gasteiger partial charge >= 0.3 is 0 Å². The highest BCUT2D eigenvalue weighted by Gasteiger charge is 2.21. The molecule has 4 rings (SSSR count). The minimum Gasteiger partial charge on any atom is -0.353 e. The van der Waals surface area contributed by atoms with Gasteiger partial charge < -0.3 is 10.6 Å². The Bertz CT molecular complexity index is 1260. The molecule has 0 spiro atoms. The number of benzene rings is 1. The van der Waals surface area contributed by atoms with Crippen LogP contribution in [0.3, 0.4) is 0 Å². The van der Waals surface area contributed by atoms with E-state index in [-0.39, 0.29) is 35.2 Å². The molecule has 2 amide bonds. The van der Waals surface area contributed by atoms with Crippen molar-refractivity contribution in [2.24, 2.45) is 0 Å². The van der Waals surface area contributed by atoms with Crippen LogP contribution in [0.5, 0.6) is 0 Å². The minimum atomic E-state index is -0.162. The third-order valence-electron chi connectivity index (χ3n) is 6.00. The van der Waals surface area contributed by atoms with Gasteiger partial charge in [-0.2, -0.15) is 0 Å². The molecule has 1 aromatic carbocycles. The quantitative estimate of drug-likeness (QED) is 0.475. The van der Waals surface area contributed by atoms with E-state index in [0.29, 0.717) is 33.9 Å². The number of nitrogens with zero attached hydrogens (tertiary/aromatic N) is 4. The first kappa shape index (κ1) is 24.3. The smallest absolute Gasteiger partial charge is 0.262 e. The van der Waals surface area contributed by atoms with Crippen molar-refractivity contribution in [1.29, 1.82) is 0 Å². The molecule has 0 aliphatic heterocycles. The fraction of sp³-hybridized carbons (Fsp3) is 0.542. The van der Waals surface area contributed by atoms with Gasteiger partial charge in [-0.05, 0) is 51.3 Å². The highest BCUT2D eigenvalue weighted by Crippen LogP contribution is 2.23. The van der Waals surface area contributed by atoms with Crippen LogP contribution in [-0.4, -0.2) is 48.8 Å². The molecular weight excluding hydrogens is 452 g/mol. The first-order valence-electron chi connectivity index (χ1n) is 12.0. The molecule has 34 heavy (non-hydrogen) atoms. The van der Waals surface area contributed by atoms with Gasteiger partial charge in [-0.3, -0.25) is 23.4 Å². The molecule has 0 saturated heterocycles. The molecule has 0 unspecified atom stereocenters. The van der Waals surface area contributed by atoms with Crippen molar-refractivity contribution in [1.82, 2.24) is 29.8 Å². The Kier molecular flexibility index (Phi) is 7.55. The van der Waals surface area contributed by atoms with Gasteiger partial charge in [0.1, 0.15) is 0 Å². The molecule has 2 aromatic heterocycles. The number of nitrogens with one attached hydrogen (secondary N) is 2. The lowest BCUT2D eigenvalue weighted by Gasteiger charge is -2.22. The van der Waals surface area contributed by atoms with Gasteiger partial charge in [0.05, 0.1) is 16.7 Å². The fourth-order valence-corrected chi connectivity index (χ4v) is 5.20. The molecule has 0 atom stereocenters. The summed E-state index contributed by atoms with van der Waals surface area (Å²) in [6.07, 6.45) is 6.23. The summed E-state index contributed by atoms with van der Waals surface area (Å²) in [6.45, 7) is 6.31. The second-order valence-corrected chi connectivity index (χ2v) is 10.1. The summed E-state index contributed by atoms with van der Waals surface area (Å²) in [5.41, 5.74) is 0.903. The zero-order chi connectivity index (χ0) is 24.2. The molecule has 1 saturated carbocycles. The van der Waals surface area contributed by atoms with Crippen molar-refractivity contribution in [2.45, 2.75) is 83.1 Å². The number of hydrogen-bond donors (Lipinski definition) is 2. The number of aryl methyl sites for hydroxylation is 1. The van der Waals surface area contributed by atoms with E-state index in [1.54, 1.807) is 27.2 Å². The fourth-order valence-electron chi connectivity index (χ4n) is 4.45. The highest BCUT2D eigenvalue weighted by molar-refractivity contribution is 7.99. The molecule has 3 aromatic rings. The summed E-state index contributed by atoms with van der Waals surface area (Å²) in [6, 6.07) is 5.38. The molecule has 1 aliphatic rings. The first-order chi connectivity index (χ1) is 16.4. The van der Waals surface area contributed by atoms with Crippen molar-refractivity contribution in [3.8, 4) is 0 Å². The number of rotatable bonds is 8. The number of carbonyl (C=O) groups excluding carboxylic acids is 2. The zero-order valence-corrected chi connectivity index (χ0v) is 20.8. The van der Waals surface area contributed by atoms with Crippen molar-refractivity contribution in [2.75, 3.05) is 5.75 Å². The van der Waals surface area contributed by atoms with Gasteiger partial charge in [0, 0.05) is 24.2 Å². The maximum atomic E-state index is 13.2. The lowest BCUT2D eigenvalue weighted by molar-refractivity contribution is -0.119. The molecule has 0 radical (unpaired) electrons. The Morgan fingerprint density at radius 3 is 2.65 bits per heavy atom. The Labute approximate surface area is 202 Å². The largest absolute Gasteiger partial charge is 0.353 e. The monoisotopic (exact) mass is 484 g/mol. The predicted molar refractivity (Wildman–Crippen MR) is 133 cm³/mol. The number of carbonyl (C=O) groups is 2. The summed E-state index contributed by atoms with van der Waals surface area (Å²) < 4.78 is 3.40. The molecular formula is C24H32N6O3S. The van der Waals surface area contributed by atoms with E-state index in [2.05, 4.69) is 20.8 Å². The van der Waals surface area contributed by atoms with Crippen molar-refractivity contribution >= 4 is 40.3 Å². The van der Waals surface area contributed by atoms with Gasteiger partial charge in [0.25, 0.3) is 11.5 Å². The summed E-state index contributed by atoms with van der Waals surface area (Å²) in [5.74, 6) is 0.347. The van der Waals surface area contributed by atoms with Gasteiger partial charge in [0.15, 0.2) is 5.16 Å². The van der Waals surface area contributed by atoms with Crippen LogP contribution in [-0.2, 0) is 11.3 Å². The lowest BCUT2D eigenvalue weighted by Crippen LogP contribution is -2.36. The average molecular weight is 485 g/mol. The van der Waals surface area contributed by atoms with Crippen LogP contribution >= 0.6 is 11.8 Å². The minimum absolute atomic E-state index is 0.0454. The van der Waals surface area contributed by atoms with Gasteiger partial charge in [0.2, 0.25) is 11.7 Å². The van der Waals surface area contributed by atoms with Crippen molar-refractivity contribution in [3.63, 3.8) is 0 Å². The third-order valence-corrected chi connectivity index (χ3v) is 6.93. The first-order valence-corrected chi connectivity index (χ1v) is 13.0. The molecule has 1 aliphatic carbocycles. The molecule has 10 heteroatoms. The maximum absolute atomic E-state index is 13.2. The number of amides is 2. The van der Waals surface area contributed by atoms with Crippen LogP contribution in [0.15, 0.2) is 28.2 Å². The molecule has 1 fully saturated rings. The van der Waals surface area contributed by atoms with E-state index < -0.39 is 0 Å². The highest BCUT2D eigenvalue weighted by atomic mass is 32.2. The third kappa shape index (κ3) is 5.11. The number of hydrogen-bond acceptors (Lipinski definition) is 6. The maximum Gasteiger partial charge on any atom is 0.262 e. The van der Waals surface area contributed by atoms with Crippen LogP contribution in [0.1, 0.15) is 69.7 Å². The van der Waals surface area contributed by atoms with Crippen molar-refractivity contribution < 1.29 is 9.59 Å². The van der Waals surface area contributed by atoms with Crippen molar-refractivity contribution in [3.05, 3.63) is 34.1 Å². The van der Waals surface area contributed by atoms with E-state index in [9.17, 15) is 14.4 Å². The summed E-state index contributed by atoms with van der Waals surface area (Å²) in [5, 5.41) is 15.6. The van der Waals surface area contributed by atoms with Crippen LogP contribution in [0.25, 0.3) is 16.7 Å². The van der Waals surface area contributed by atoms with Crippen LogP contribution in [0.4, 0.5) is 0 Å². The molecule has 2 heterocycles. The average Bonchev–Trinajstić information content (AvgIpc) is 3.24. The lowest BCUT2D eigenvalue weighted by atomic mass is 9.95. The molecule has 9 nitrogen and oxygen atoms in total. The van der Waals surface area contributed by atoms with E-state index in [0.717, 1.165) is 32.1 Å². The summed E-state index contributed by atoms with van der Waals surface area (Å²) in [7, 11) is 0. The number of thioether (sulfide) groups is 1. The SMILES string of the molecule is CCCn1c(=O)c2ccc(C(=O)NC3CCCCC3)cc2n2c(SCC(=O)NC(C)C)nnc12. The second kappa shape index (κ2) is 10.6. The van der Waals surface area contributed by atoms with E-state index >= 15 is 0 Å². The van der Waals surface area contributed by atoms with E-state index in [1.807, 2.05) is 20.8 Å². The number of aromatic nitrogens is 4. The predicted octanol–water partition coefficient (Wildman–Crippen LogP) is 3.13. The number of fused-ring (bicyclic) bond motifs is 3. The van der Waals surface area contributed by atoms with Crippen LogP contribution in [0, 0.1) is 0 Å². The summed E-state index contributed by atoms with van der Waals surface area (Å²) in [4.78, 5) is 38.4. The Morgan fingerprint density at radius 2 is 1.94 bits per heavy atom. The molecule has 182 valence electrons. The van der Waals surface area contributed by atoms with E-state index in [1.165, 1.54) is 18.2 Å². The van der Waals surface area contributed by atoms with Crippen LogP contribution < -0.4 is 16.2 Å². The Morgan fingerprint density at radius 1 is 1.18 bits per heavy atom. The Hall–Kier alpha value is -2.88. The standard InChI is InChI=1S/C24H32N6O3S/c1-4-12-29-22(33)18-11-10-16(21(32)26-17-8-6-5-7-9-17)13-19(18)30-23(29)27-28-24(30)34-14-20(31)25-15(2)3/h10-11,13,15,17H,4-9,12,14H2,1-3H3,(H,25,31)(H,26,32). The Balaban J connectivity index is 1.75. The summed E-state index contributed by atoms with van der Waals surface area (Å²) >= 11 is 1.26. The molecule has 0 bridgehead atoms. The van der Waals surface area contributed by atoms with E-state index in [4.69, 9.17) is 0 Å². The van der Waals surface area contributed by atoms with Crippen LogP contribution in [0.2, 0.25) is 0 Å². The van der Waals surface area contributed by atoms with Gasteiger partial charge in [-0.15, -0.1) is 10.2 Å². The topological polar surface area (TPSA) is 110 Å². The second-order valence-electron chi connectivity index (χ2n) is 9.13. The molecule has 2 N–H and O–H groups in total.